The van der Waals surface area contributed by atoms with Crippen LogP contribution in [0.4, 0.5) is 11.5 Å². The first-order valence-electron chi connectivity index (χ1n) is 14.4. The van der Waals surface area contributed by atoms with E-state index in [0.29, 0.717) is 11.1 Å². The van der Waals surface area contributed by atoms with Crippen LogP contribution in [0.5, 0.6) is 0 Å². The molecule has 3 fully saturated rings. The quantitative estimate of drug-likeness (QED) is 0.190. The lowest BCUT2D eigenvalue weighted by Gasteiger charge is -2.58. The molecule has 0 bridgehead atoms. The van der Waals surface area contributed by atoms with E-state index < -0.39 is 0 Å². The standard InChI is InChI=1S/C29H38ClN7O.C3H6.CH4/c1-7-20(3)25(21(4)30)26-22(5)37(24-13-29(14-24)17-34(18-29)19-38)33-27(26)36-12-11-35(16-28(36,6)8-2)23-9-10-31-32-15-23;1-3-2;/h7,9-10,15,19,24H,1,3,8,11-14,16-18H2,2,4-6H3;3H,1H2,2H3;1H4/b25-21-;;/t28-;;/m0../s1. The lowest BCUT2D eigenvalue weighted by molar-refractivity contribution is -0.140. The normalized spacial score (nSPS) is 21.6. The Bertz CT molecular complexity index is 1320. The highest BCUT2D eigenvalue weighted by atomic mass is 35.5. The molecule has 2 saturated heterocycles. The van der Waals surface area contributed by atoms with Gasteiger partial charge in [-0.1, -0.05) is 51.3 Å². The third-order valence-electron chi connectivity index (χ3n) is 8.93. The molecule has 1 amide bonds. The number of aromatic nitrogens is 4. The molecule has 228 valence electrons. The molecule has 0 radical (unpaired) electrons. The largest absolute Gasteiger partial charge is 0.366 e. The fraction of sp³-hybridized carbons (Fsp3) is 0.515. The summed E-state index contributed by atoms with van der Waals surface area (Å²) in [6.45, 7) is 26.3. The van der Waals surface area contributed by atoms with Crippen LogP contribution in [0.2, 0.25) is 0 Å². The van der Waals surface area contributed by atoms with Crippen LogP contribution in [0, 0.1) is 12.3 Å². The molecule has 9 heteroatoms. The maximum Gasteiger partial charge on any atom is 0.209 e. The van der Waals surface area contributed by atoms with Crippen molar-refractivity contribution in [3.63, 3.8) is 0 Å². The molecule has 1 aliphatic carbocycles. The van der Waals surface area contributed by atoms with Crippen LogP contribution >= 0.6 is 11.6 Å². The number of halogens is 1. The van der Waals surface area contributed by atoms with Crippen molar-refractivity contribution in [1.82, 2.24) is 24.9 Å². The van der Waals surface area contributed by atoms with Crippen molar-refractivity contribution in [3.8, 4) is 0 Å². The van der Waals surface area contributed by atoms with Crippen LogP contribution in [-0.2, 0) is 4.79 Å². The molecule has 0 unspecified atom stereocenters. The summed E-state index contributed by atoms with van der Waals surface area (Å²) in [4.78, 5) is 17.9. The summed E-state index contributed by atoms with van der Waals surface area (Å²) in [6.07, 6.45) is 11.1. The summed E-state index contributed by atoms with van der Waals surface area (Å²) in [6, 6.07) is 2.33. The number of amides is 1. The highest BCUT2D eigenvalue weighted by Gasteiger charge is 2.53. The van der Waals surface area contributed by atoms with Gasteiger partial charge in [-0.15, -0.1) is 6.58 Å². The molecule has 2 aliphatic heterocycles. The zero-order valence-electron chi connectivity index (χ0n) is 25.2. The van der Waals surface area contributed by atoms with Crippen LogP contribution in [0.15, 0.2) is 61.0 Å². The van der Waals surface area contributed by atoms with Gasteiger partial charge < -0.3 is 14.7 Å². The van der Waals surface area contributed by atoms with Crippen molar-refractivity contribution in [2.75, 3.05) is 42.5 Å². The fourth-order valence-corrected chi connectivity index (χ4v) is 6.90. The Hall–Kier alpha value is -3.39. The lowest BCUT2D eigenvalue weighted by atomic mass is 9.61. The predicted octanol–water partition coefficient (Wildman–Crippen LogP) is 6.81. The summed E-state index contributed by atoms with van der Waals surface area (Å²) < 4.78 is 2.21. The Morgan fingerprint density at radius 1 is 1.19 bits per heavy atom. The number of carbonyl (C=O) groups is 1. The average molecular weight is 594 g/mol. The van der Waals surface area contributed by atoms with Gasteiger partial charge in [0.05, 0.1) is 29.7 Å². The Morgan fingerprint density at radius 3 is 2.38 bits per heavy atom. The molecule has 4 heterocycles. The molecule has 2 aromatic rings. The van der Waals surface area contributed by atoms with Crippen LogP contribution in [0.25, 0.3) is 5.57 Å². The van der Waals surface area contributed by atoms with Gasteiger partial charge in [-0.2, -0.15) is 15.3 Å². The zero-order valence-corrected chi connectivity index (χ0v) is 26.0. The third-order valence-corrected chi connectivity index (χ3v) is 9.12. The third kappa shape index (κ3) is 6.05. The number of hydrogen-bond donors (Lipinski definition) is 0. The molecule has 1 spiro atoms. The van der Waals surface area contributed by atoms with Gasteiger partial charge in [-0.3, -0.25) is 9.48 Å². The molecule has 0 N–H and O–H groups in total. The molecule has 1 atom stereocenters. The van der Waals surface area contributed by atoms with E-state index in [1.165, 1.54) is 0 Å². The monoisotopic (exact) mass is 593 g/mol. The van der Waals surface area contributed by atoms with E-state index in [1.54, 1.807) is 18.3 Å². The van der Waals surface area contributed by atoms with Crippen molar-refractivity contribution in [1.29, 1.82) is 0 Å². The van der Waals surface area contributed by atoms with Gasteiger partial charge in [0, 0.05) is 60.0 Å². The molecule has 42 heavy (non-hydrogen) atoms. The van der Waals surface area contributed by atoms with Crippen LogP contribution in [0.3, 0.4) is 0 Å². The van der Waals surface area contributed by atoms with Crippen LogP contribution in [0.1, 0.15) is 71.7 Å². The second-order valence-electron chi connectivity index (χ2n) is 11.9. The molecular formula is C33H48ClN7O. The number of nitrogens with zero attached hydrogens (tertiary/aromatic N) is 7. The maximum atomic E-state index is 11.1. The highest BCUT2D eigenvalue weighted by molar-refractivity contribution is 6.33. The minimum Gasteiger partial charge on any atom is -0.366 e. The van der Waals surface area contributed by atoms with Crippen LogP contribution < -0.4 is 9.80 Å². The van der Waals surface area contributed by atoms with Crippen LogP contribution in [-0.4, -0.2) is 69.6 Å². The number of likely N-dealkylation sites (tertiary alicyclic amines) is 1. The van der Waals surface area contributed by atoms with E-state index in [0.717, 1.165) is 92.3 Å². The molecule has 5 rings (SSSR count). The van der Waals surface area contributed by atoms with Gasteiger partial charge >= 0.3 is 0 Å². The number of rotatable bonds is 8. The summed E-state index contributed by atoms with van der Waals surface area (Å²) in [5.74, 6) is 0.960. The summed E-state index contributed by atoms with van der Waals surface area (Å²) in [5.41, 5.74) is 5.02. The average Bonchev–Trinajstić information content (AvgIpc) is 3.23. The number of allylic oxidation sites excluding steroid dienone is 5. The number of carbonyl (C=O) groups excluding carboxylic acids is 1. The van der Waals surface area contributed by atoms with Crippen molar-refractivity contribution < 1.29 is 4.79 Å². The molecule has 2 aromatic heterocycles. The summed E-state index contributed by atoms with van der Waals surface area (Å²) >= 11 is 6.74. The minimum atomic E-state index is -0.165. The maximum absolute atomic E-state index is 11.1. The van der Waals surface area contributed by atoms with E-state index in [2.05, 4.69) is 65.2 Å². The van der Waals surface area contributed by atoms with Gasteiger partial charge in [0.2, 0.25) is 6.41 Å². The van der Waals surface area contributed by atoms with E-state index in [-0.39, 0.29) is 18.4 Å². The van der Waals surface area contributed by atoms with Gasteiger partial charge in [0.1, 0.15) is 0 Å². The number of hydrogen-bond acceptors (Lipinski definition) is 6. The molecule has 1 saturated carbocycles. The first-order valence-corrected chi connectivity index (χ1v) is 14.8. The predicted molar refractivity (Wildman–Crippen MR) is 176 cm³/mol. The first kappa shape index (κ1) is 33.1. The molecule has 0 aromatic carbocycles. The molecular weight excluding hydrogens is 546 g/mol. The second kappa shape index (κ2) is 13.3. The highest BCUT2D eigenvalue weighted by Crippen LogP contribution is 2.55. The van der Waals surface area contributed by atoms with E-state index >= 15 is 0 Å². The minimum absolute atomic E-state index is 0. The Labute approximate surface area is 257 Å². The van der Waals surface area contributed by atoms with Gasteiger partial charge in [-0.05, 0) is 58.6 Å². The first-order chi connectivity index (χ1) is 19.6. The van der Waals surface area contributed by atoms with Crippen molar-refractivity contribution >= 4 is 35.1 Å². The molecule has 3 aliphatic rings. The van der Waals surface area contributed by atoms with Crippen molar-refractivity contribution in [3.05, 3.63) is 72.2 Å². The summed E-state index contributed by atoms with van der Waals surface area (Å²) in [7, 11) is 0. The number of anilines is 2. The van der Waals surface area contributed by atoms with Gasteiger partial charge in [0.25, 0.3) is 0 Å². The lowest BCUT2D eigenvalue weighted by Crippen LogP contribution is -2.62. The van der Waals surface area contributed by atoms with Gasteiger partial charge in [0.15, 0.2) is 5.82 Å². The fourth-order valence-electron chi connectivity index (χ4n) is 6.68. The second-order valence-corrected chi connectivity index (χ2v) is 12.4. The van der Waals surface area contributed by atoms with E-state index in [1.807, 2.05) is 31.0 Å². The Balaban J connectivity index is 0.00000116. The SMILES string of the molecule is C.C=CC.C=CC(=C)/C(=C(\C)Cl)c1c(N2CCN(c3ccnnc3)C[C@]2(C)CC)nn(C2CC3(C2)CN(C=O)C3)c1C. The Kier molecular flexibility index (Phi) is 10.5. The number of piperazine rings is 1. The summed E-state index contributed by atoms with van der Waals surface area (Å²) in [5, 5.41) is 14.1. The topological polar surface area (TPSA) is 70.4 Å². The van der Waals surface area contributed by atoms with E-state index in [9.17, 15) is 4.79 Å². The Morgan fingerprint density at radius 2 is 1.86 bits per heavy atom. The van der Waals surface area contributed by atoms with Crippen molar-refractivity contribution in [2.24, 2.45) is 5.41 Å². The van der Waals surface area contributed by atoms with E-state index in [4.69, 9.17) is 16.7 Å². The van der Waals surface area contributed by atoms with Gasteiger partial charge in [-0.25, -0.2) is 0 Å². The molecule has 8 nitrogen and oxygen atoms in total. The van der Waals surface area contributed by atoms with Crippen molar-refractivity contribution in [2.45, 2.75) is 72.9 Å². The zero-order chi connectivity index (χ0) is 29.9. The smallest absolute Gasteiger partial charge is 0.209 e.